The van der Waals surface area contributed by atoms with Crippen LogP contribution in [0.5, 0.6) is 0 Å². The molecule has 25 heavy (non-hydrogen) atoms. The topological polar surface area (TPSA) is 96.5 Å². The molecule has 1 fully saturated rings. The van der Waals surface area contributed by atoms with Crippen molar-refractivity contribution in [2.24, 2.45) is 0 Å². The normalized spacial score (nSPS) is 18.0. The molecule has 4 rings (SSSR count). The van der Waals surface area contributed by atoms with Gasteiger partial charge in [-0.05, 0) is 38.0 Å². The Morgan fingerprint density at radius 2 is 1.96 bits per heavy atom. The molecule has 2 aromatic heterocycles. The molecule has 0 aliphatic heterocycles. The molecule has 2 heterocycles. The van der Waals surface area contributed by atoms with E-state index in [0.717, 1.165) is 29.6 Å². The number of aromatic nitrogens is 4. The maximum Gasteiger partial charge on any atom is 0.237 e. The Morgan fingerprint density at radius 1 is 1.24 bits per heavy atom. The van der Waals surface area contributed by atoms with Crippen LogP contribution in [0.3, 0.4) is 0 Å². The van der Waals surface area contributed by atoms with Crippen molar-refractivity contribution in [1.82, 2.24) is 19.5 Å². The van der Waals surface area contributed by atoms with Gasteiger partial charge < -0.3 is 5.32 Å². The third-order valence-corrected chi connectivity index (χ3v) is 6.85. The summed E-state index contributed by atoms with van der Waals surface area (Å²) in [6.45, 7) is 1.89. The Bertz CT molecular complexity index is 1080. The zero-order valence-corrected chi connectivity index (χ0v) is 15.2. The number of benzene rings is 1. The molecule has 130 valence electrons. The van der Waals surface area contributed by atoms with Crippen LogP contribution >= 0.6 is 0 Å². The highest BCUT2D eigenvalue weighted by Crippen LogP contribution is 2.52. The van der Waals surface area contributed by atoms with E-state index in [1.54, 1.807) is 7.05 Å². The molecule has 0 bridgehead atoms. The molecule has 1 saturated carbocycles. The molecule has 3 aromatic rings. The molecule has 1 atom stereocenters. The minimum Gasteiger partial charge on any atom is -0.358 e. The van der Waals surface area contributed by atoms with Gasteiger partial charge in [0.25, 0.3) is 0 Å². The fraction of sp³-hybridized carbons (Fsp3) is 0.353. The lowest BCUT2D eigenvalue weighted by atomic mass is 10.2. The lowest BCUT2D eigenvalue weighted by molar-refractivity contribution is 0.663. The monoisotopic (exact) mass is 356 g/mol. The molecular formula is C17H20N6OS. The predicted molar refractivity (Wildman–Crippen MR) is 98.6 cm³/mol. The smallest absolute Gasteiger partial charge is 0.237 e. The molecule has 0 saturated heterocycles. The minimum atomic E-state index is -2.74. The van der Waals surface area contributed by atoms with Crippen LogP contribution < -0.4 is 5.32 Å². The quantitative estimate of drug-likeness (QED) is 0.749. The number of para-hydroxylation sites is 2. The summed E-state index contributed by atoms with van der Waals surface area (Å²) in [5, 5.41) is 3.09. The third-order valence-electron chi connectivity index (χ3n) is 4.74. The van der Waals surface area contributed by atoms with Gasteiger partial charge in [-0.2, -0.15) is 0 Å². The first-order valence-electron chi connectivity index (χ1n) is 8.11. The van der Waals surface area contributed by atoms with Crippen LogP contribution in [0.4, 0.5) is 5.95 Å². The SMILES string of the molecule is CNc1nc2ccccc2n1-c1nc(C)cc(C2([S@@](C)(=N)=O)CC2)n1. The highest BCUT2D eigenvalue weighted by molar-refractivity contribution is 7.92. The molecule has 8 heteroatoms. The van der Waals surface area contributed by atoms with E-state index >= 15 is 0 Å². The van der Waals surface area contributed by atoms with Gasteiger partial charge >= 0.3 is 0 Å². The van der Waals surface area contributed by atoms with Crippen molar-refractivity contribution >= 4 is 26.7 Å². The number of anilines is 1. The van der Waals surface area contributed by atoms with Crippen LogP contribution in [-0.2, 0) is 14.5 Å². The van der Waals surface area contributed by atoms with Crippen molar-refractivity contribution in [2.75, 3.05) is 18.6 Å². The molecule has 1 aliphatic carbocycles. The Hall–Kier alpha value is -2.48. The van der Waals surface area contributed by atoms with Crippen LogP contribution in [0.25, 0.3) is 17.0 Å². The van der Waals surface area contributed by atoms with Crippen molar-refractivity contribution in [3.8, 4) is 5.95 Å². The van der Waals surface area contributed by atoms with Gasteiger partial charge in [-0.3, -0.25) is 4.78 Å². The molecule has 0 spiro atoms. The maximum absolute atomic E-state index is 12.5. The van der Waals surface area contributed by atoms with Crippen molar-refractivity contribution in [2.45, 2.75) is 24.5 Å². The minimum absolute atomic E-state index is 0.489. The molecule has 2 N–H and O–H groups in total. The van der Waals surface area contributed by atoms with Crippen LogP contribution in [0.15, 0.2) is 30.3 Å². The van der Waals surface area contributed by atoms with E-state index in [0.29, 0.717) is 17.6 Å². The van der Waals surface area contributed by atoms with Crippen LogP contribution in [0.1, 0.15) is 24.2 Å². The van der Waals surface area contributed by atoms with Crippen molar-refractivity contribution in [3.05, 3.63) is 41.7 Å². The van der Waals surface area contributed by atoms with Gasteiger partial charge in [0, 0.05) is 19.0 Å². The van der Waals surface area contributed by atoms with E-state index in [2.05, 4.69) is 15.3 Å². The summed E-state index contributed by atoms with van der Waals surface area (Å²) in [5.41, 5.74) is 3.22. The average Bonchev–Trinajstić information content (AvgIpc) is 3.30. The number of imidazole rings is 1. The molecular weight excluding hydrogens is 336 g/mol. The largest absolute Gasteiger partial charge is 0.358 e. The predicted octanol–water partition coefficient (Wildman–Crippen LogP) is 2.83. The van der Waals surface area contributed by atoms with Crippen molar-refractivity contribution < 1.29 is 4.21 Å². The van der Waals surface area contributed by atoms with Crippen LogP contribution in [0, 0.1) is 11.7 Å². The summed E-state index contributed by atoms with van der Waals surface area (Å²) < 4.78 is 21.8. The third kappa shape index (κ3) is 2.39. The molecule has 0 amide bonds. The summed E-state index contributed by atoms with van der Waals surface area (Å²) in [6.07, 6.45) is 2.96. The number of aryl methyl sites for hydroxylation is 1. The summed E-state index contributed by atoms with van der Waals surface area (Å²) in [5.74, 6) is 1.13. The Morgan fingerprint density at radius 3 is 2.60 bits per heavy atom. The summed E-state index contributed by atoms with van der Waals surface area (Å²) in [7, 11) is -0.931. The van der Waals surface area contributed by atoms with Gasteiger partial charge in [0.05, 0.1) is 31.2 Å². The summed E-state index contributed by atoms with van der Waals surface area (Å²) in [4.78, 5) is 13.9. The van der Waals surface area contributed by atoms with E-state index < -0.39 is 14.5 Å². The summed E-state index contributed by atoms with van der Waals surface area (Å²) >= 11 is 0. The molecule has 1 aromatic carbocycles. The van der Waals surface area contributed by atoms with Gasteiger partial charge in [0.1, 0.15) is 0 Å². The summed E-state index contributed by atoms with van der Waals surface area (Å²) in [6, 6.07) is 9.64. The second kappa shape index (κ2) is 5.26. The highest BCUT2D eigenvalue weighted by atomic mass is 32.2. The number of nitrogens with one attached hydrogen (secondary N) is 2. The highest BCUT2D eigenvalue weighted by Gasteiger charge is 2.52. The zero-order chi connectivity index (χ0) is 17.8. The second-order valence-corrected chi connectivity index (χ2v) is 9.01. The van der Waals surface area contributed by atoms with Gasteiger partial charge in [-0.1, -0.05) is 12.1 Å². The van der Waals surface area contributed by atoms with Crippen molar-refractivity contribution in [1.29, 1.82) is 4.78 Å². The van der Waals surface area contributed by atoms with Gasteiger partial charge in [-0.25, -0.2) is 23.7 Å². The number of hydrogen-bond acceptors (Lipinski definition) is 6. The number of rotatable bonds is 4. The fourth-order valence-corrected chi connectivity index (χ4v) is 4.63. The lowest BCUT2D eigenvalue weighted by Crippen LogP contribution is -2.21. The first-order chi connectivity index (χ1) is 11.9. The lowest BCUT2D eigenvalue weighted by Gasteiger charge is -2.17. The van der Waals surface area contributed by atoms with E-state index in [9.17, 15) is 4.21 Å². The Labute approximate surface area is 146 Å². The van der Waals surface area contributed by atoms with Crippen LogP contribution in [0.2, 0.25) is 0 Å². The van der Waals surface area contributed by atoms with E-state index in [1.807, 2.05) is 41.8 Å². The molecule has 0 unspecified atom stereocenters. The standard InChI is InChI=1S/C17H20N6OS/c1-11-10-14(17(8-9-17)25(3,18)24)22-16(20-11)23-13-7-5-4-6-12(13)21-15(23)19-2/h4-7,10,18H,8-9H2,1-3H3,(H,19,21)/t25-/m0/s1. The van der Waals surface area contributed by atoms with Gasteiger partial charge in [0.2, 0.25) is 11.9 Å². The van der Waals surface area contributed by atoms with Crippen LogP contribution in [-0.4, -0.2) is 37.0 Å². The first kappa shape index (κ1) is 16.0. The second-order valence-electron chi connectivity index (χ2n) is 6.54. The Balaban J connectivity index is 1.97. The van der Waals surface area contributed by atoms with E-state index in [-0.39, 0.29) is 0 Å². The molecule has 0 radical (unpaired) electrons. The molecule has 1 aliphatic rings. The van der Waals surface area contributed by atoms with E-state index in [1.165, 1.54) is 6.26 Å². The average molecular weight is 356 g/mol. The Kier molecular flexibility index (Phi) is 3.37. The fourth-order valence-electron chi connectivity index (χ4n) is 3.24. The first-order valence-corrected chi connectivity index (χ1v) is 10.1. The van der Waals surface area contributed by atoms with Crippen molar-refractivity contribution in [3.63, 3.8) is 0 Å². The van der Waals surface area contributed by atoms with Gasteiger partial charge in [0.15, 0.2) is 0 Å². The maximum atomic E-state index is 12.5. The van der Waals surface area contributed by atoms with Gasteiger partial charge in [-0.15, -0.1) is 0 Å². The number of nitrogens with zero attached hydrogens (tertiary/aromatic N) is 4. The molecule has 7 nitrogen and oxygen atoms in total. The number of fused-ring (bicyclic) bond motifs is 1. The van der Waals surface area contributed by atoms with E-state index in [4.69, 9.17) is 9.76 Å². The number of hydrogen-bond donors (Lipinski definition) is 2. The zero-order valence-electron chi connectivity index (χ0n) is 14.4.